The first kappa shape index (κ1) is 16.5. The predicted octanol–water partition coefficient (Wildman–Crippen LogP) is 3.53. The van der Waals surface area contributed by atoms with Gasteiger partial charge in [-0.3, -0.25) is 9.78 Å². The van der Waals surface area contributed by atoms with Crippen LogP contribution in [-0.4, -0.2) is 21.6 Å². The molecule has 6 heteroatoms. The number of aryl methyl sites for hydroxylation is 2. The summed E-state index contributed by atoms with van der Waals surface area (Å²) in [4.78, 5) is 22.3. The molecular formula is C17H21N3OS2. The monoisotopic (exact) mass is 347 g/mol. The topological polar surface area (TPSA) is 54.9 Å². The number of aromatic nitrogens is 2. The second kappa shape index (κ2) is 7.93. The number of nitrogens with zero attached hydrogens (tertiary/aromatic N) is 2. The van der Waals surface area contributed by atoms with Crippen LogP contribution in [0.15, 0.2) is 24.5 Å². The van der Waals surface area contributed by atoms with Gasteiger partial charge in [0.1, 0.15) is 5.01 Å². The lowest BCUT2D eigenvalue weighted by molar-refractivity contribution is -0.119. The van der Waals surface area contributed by atoms with E-state index in [-0.39, 0.29) is 11.9 Å². The predicted molar refractivity (Wildman–Crippen MR) is 95.7 cm³/mol. The lowest BCUT2D eigenvalue weighted by Gasteiger charge is -2.11. The van der Waals surface area contributed by atoms with Crippen LogP contribution in [0.4, 0.5) is 0 Å². The van der Waals surface area contributed by atoms with Crippen molar-refractivity contribution < 1.29 is 4.79 Å². The third kappa shape index (κ3) is 4.54. The van der Waals surface area contributed by atoms with Crippen molar-refractivity contribution in [3.8, 4) is 0 Å². The minimum Gasteiger partial charge on any atom is -0.346 e. The van der Waals surface area contributed by atoms with E-state index in [1.54, 1.807) is 29.3 Å². The van der Waals surface area contributed by atoms with Crippen LogP contribution in [0.3, 0.4) is 0 Å². The van der Waals surface area contributed by atoms with E-state index in [2.05, 4.69) is 10.3 Å². The van der Waals surface area contributed by atoms with E-state index in [1.807, 2.05) is 25.3 Å². The maximum Gasteiger partial charge on any atom is 0.230 e. The lowest BCUT2D eigenvalue weighted by atomic mass is 10.0. The molecule has 0 aliphatic heterocycles. The number of thioether (sulfide) groups is 1. The number of hydrogen-bond acceptors (Lipinski definition) is 5. The Morgan fingerprint density at radius 1 is 1.43 bits per heavy atom. The van der Waals surface area contributed by atoms with Gasteiger partial charge in [-0.25, -0.2) is 4.98 Å². The zero-order valence-electron chi connectivity index (χ0n) is 13.2. The van der Waals surface area contributed by atoms with Gasteiger partial charge in [0.2, 0.25) is 5.91 Å². The molecular weight excluding hydrogens is 326 g/mol. The molecule has 0 radical (unpaired) electrons. The molecule has 0 saturated heterocycles. The summed E-state index contributed by atoms with van der Waals surface area (Å²) >= 11 is 3.38. The third-order valence-electron chi connectivity index (χ3n) is 3.83. The lowest BCUT2D eigenvalue weighted by Crippen LogP contribution is -2.28. The van der Waals surface area contributed by atoms with Gasteiger partial charge in [-0.15, -0.1) is 23.1 Å². The molecule has 3 rings (SSSR count). The number of amides is 1. The highest BCUT2D eigenvalue weighted by molar-refractivity contribution is 7.99. The van der Waals surface area contributed by atoms with Crippen LogP contribution in [0, 0.1) is 0 Å². The summed E-state index contributed by atoms with van der Waals surface area (Å²) in [6.45, 7) is 2.02. The van der Waals surface area contributed by atoms with Crippen molar-refractivity contribution in [2.45, 2.75) is 44.4 Å². The van der Waals surface area contributed by atoms with E-state index in [4.69, 9.17) is 4.98 Å². The average Bonchev–Trinajstić information content (AvgIpc) is 3.00. The van der Waals surface area contributed by atoms with Crippen molar-refractivity contribution in [3.05, 3.63) is 45.7 Å². The third-order valence-corrected chi connectivity index (χ3v) is 6.18. The van der Waals surface area contributed by atoms with Crippen molar-refractivity contribution >= 4 is 29.0 Å². The van der Waals surface area contributed by atoms with Crippen LogP contribution < -0.4 is 5.32 Å². The first-order valence-electron chi connectivity index (χ1n) is 7.97. The van der Waals surface area contributed by atoms with Gasteiger partial charge in [-0.2, -0.15) is 0 Å². The van der Waals surface area contributed by atoms with Crippen molar-refractivity contribution in [1.29, 1.82) is 0 Å². The van der Waals surface area contributed by atoms with E-state index in [0.29, 0.717) is 5.75 Å². The number of rotatable bonds is 6. The number of pyridine rings is 1. The van der Waals surface area contributed by atoms with E-state index in [9.17, 15) is 4.79 Å². The van der Waals surface area contributed by atoms with Crippen molar-refractivity contribution in [2.24, 2.45) is 0 Å². The SMILES string of the molecule is CC(NC(=O)CSCc1cccnc1)c1nc2c(s1)CCCC2. The Morgan fingerprint density at radius 2 is 2.30 bits per heavy atom. The number of nitrogens with one attached hydrogen (secondary N) is 1. The molecule has 1 unspecified atom stereocenters. The Balaban J connectivity index is 1.46. The second-order valence-electron chi connectivity index (χ2n) is 5.77. The zero-order valence-corrected chi connectivity index (χ0v) is 14.9. The minimum atomic E-state index is -0.00269. The molecule has 2 heterocycles. The zero-order chi connectivity index (χ0) is 16.1. The van der Waals surface area contributed by atoms with Gasteiger partial charge in [0.05, 0.1) is 17.5 Å². The summed E-state index contributed by atoms with van der Waals surface area (Å²) in [5.74, 6) is 1.34. The largest absolute Gasteiger partial charge is 0.346 e. The fourth-order valence-electron chi connectivity index (χ4n) is 2.65. The summed E-state index contributed by atoms with van der Waals surface area (Å²) in [5.41, 5.74) is 2.40. The summed E-state index contributed by atoms with van der Waals surface area (Å²) in [5, 5.41) is 4.11. The molecule has 122 valence electrons. The number of hydrogen-bond donors (Lipinski definition) is 1. The average molecular weight is 348 g/mol. The van der Waals surface area contributed by atoms with E-state index in [0.717, 1.165) is 29.2 Å². The number of thiazole rings is 1. The quantitative estimate of drug-likeness (QED) is 0.868. The normalized spacial score (nSPS) is 15.0. The van der Waals surface area contributed by atoms with Crippen molar-refractivity contribution in [1.82, 2.24) is 15.3 Å². The molecule has 2 aromatic heterocycles. The highest BCUT2D eigenvalue weighted by Gasteiger charge is 2.19. The van der Waals surface area contributed by atoms with Crippen LogP contribution in [0.1, 0.15) is 46.9 Å². The van der Waals surface area contributed by atoms with Gasteiger partial charge in [0.15, 0.2) is 0 Å². The fraction of sp³-hybridized carbons (Fsp3) is 0.471. The first-order valence-corrected chi connectivity index (χ1v) is 9.94. The highest BCUT2D eigenvalue weighted by atomic mass is 32.2. The molecule has 2 aromatic rings. The van der Waals surface area contributed by atoms with E-state index >= 15 is 0 Å². The van der Waals surface area contributed by atoms with E-state index in [1.165, 1.54) is 23.4 Å². The summed E-state index contributed by atoms with van der Waals surface area (Å²) in [7, 11) is 0. The molecule has 0 spiro atoms. The Kier molecular flexibility index (Phi) is 5.67. The molecule has 1 N–H and O–H groups in total. The van der Waals surface area contributed by atoms with Crippen LogP contribution >= 0.6 is 23.1 Å². The van der Waals surface area contributed by atoms with Gasteiger partial charge in [-0.1, -0.05) is 6.07 Å². The Bertz CT molecular complexity index is 634. The van der Waals surface area contributed by atoms with Gasteiger partial charge in [0.25, 0.3) is 0 Å². The molecule has 0 saturated carbocycles. The van der Waals surface area contributed by atoms with Crippen molar-refractivity contribution in [2.75, 3.05) is 5.75 Å². The molecule has 0 fully saturated rings. The van der Waals surface area contributed by atoms with Crippen LogP contribution in [0.2, 0.25) is 0 Å². The first-order chi connectivity index (χ1) is 11.2. The fourth-order valence-corrected chi connectivity index (χ4v) is 4.58. The Labute approximate surface area is 145 Å². The Hall–Kier alpha value is -1.40. The van der Waals surface area contributed by atoms with Crippen LogP contribution in [-0.2, 0) is 23.4 Å². The van der Waals surface area contributed by atoms with Gasteiger partial charge < -0.3 is 5.32 Å². The Morgan fingerprint density at radius 3 is 3.09 bits per heavy atom. The highest BCUT2D eigenvalue weighted by Crippen LogP contribution is 2.29. The molecule has 0 aromatic carbocycles. The second-order valence-corrected chi connectivity index (χ2v) is 7.87. The summed E-state index contributed by atoms with van der Waals surface area (Å²) in [6, 6.07) is 3.94. The van der Waals surface area contributed by atoms with E-state index < -0.39 is 0 Å². The molecule has 1 atom stereocenters. The maximum atomic E-state index is 12.1. The number of carbonyl (C=O) groups is 1. The number of fused-ring (bicyclic) bond motifs is 1. The molecule has 1 aliphatic carbocycles. The van der Waals surface area contributed by atoms with Gasteiger partial charge in [0, 0.05) is 23.0 Å². The number of carbonyl (C=O) groups excluding carboxylic acids is 1. The van der Waals surface area contributed by atoms with Gasteiger partial charge in [-0.05, 0) is 44.2 Å². The van der Waals surface area contributed by atoms with Crippen LogP contribution in [0.5, 0.6) is 0 Å². The van der Waals surface area contributed by atoms with Crippen molar-refractivity contribution in [3.63, 3.8) is 0 Å². The standard InChI is InChI=1S/C17H21N3OS2/c1-12(17-20-14-6-2-3-7-15(14)23-17)19-16(21)11-22-10-13-5-4-8-18-9-13/h4-5,8-9,12H,2-3,6-7,10-11H2,1H3,(H,19,21). The summed E-state index contributed by atoms with van der Waals surface area (Å²) in [6.07, 6.45) is 8.34. The minimum absolute atomic E-state index is 0.00269. The molecule has 1 aliphatic rings. The maximum absolute atomic E-state index is 12.1. The molecule has 0 bridgehead atoms. The smallest absolute Gasteiger partial charge is 0.230 e. The molecule has 4 nitrogen and oxygen atoms in total. The molecule has 23 heavy (non-hydrogen) atoms. The van der Waals surface area contributed by atoms with Crippen LogP contribution in [0.25, 0.3) is 0 Å². The van der Waals surface area contributed by atoms with Gasteiger partial charge >= 0.3 is 0 Å². The summed E-state index contributed by atoms with van der Waals surface area (Å²) < 4.78 is 0. The molecule has 1 amide bonds.